The van der Waals surface area contributed by atoms with Crippen LogP contribution in [0.4, 0.5) is 0 Å². The van der Waals surface area contributed by atoms with E-state index >= 15 is 0 Å². The third kappa shape index (κ3) is 3.03. The highest BCUT2D eigenvalue weighted by atomic mass is 79.9. The second kappa shape index (κ2) is 5.43. The molecule has 0 aromatic carbocycles. The molecule has 0 bridgehead atoms. The van der Waals surface area contributed by atoms with E-state index in [9.17, 15) is 0 Å². The van der Waals surface area contributed by atoms with Crippen LogP contribution < -0.4 is 10.6 Å². The molecule has 1 fully saturated rings. The van der Waals surface area contributed by atoms with Crippen LogP contribution in [-0.2, 0) is 0 Å². The van der Waals surface area contributed by atoms with Crippen molar-refractivity contribution < 1.29 is 0 Å². The summed E-state index contributed by atoms with van der Waals surface area (Å²) in [4.78, 5) is 1.44. The van der Waals surface area contributed by atoms with Gasteiger partial charge in [-0.3, -0.25) is 0 Å². The highest BCUT2D eigenvalue weighted by Gasteiger charge is 2.20. The largest absolute Gasteiger partial charge is 0.316 e. The standard InChI is InChI=1S/C11H17BrN2S/c1-13-9(6-8-4-5-14-7-8)10-2-3-11(12)15-10/h2-3,8-9,13-14H,4-7H2,1H3. The van der Waals surface area contributed by atoms with Crippen LogP contribution in [0.1, 0.15) is 23.8 Å². The van der Waals surface area contributed by atoms with E-state index in [1.807, 2.05) is 11.3 Å². The summed E-state index contributed by atoms with van der Waals surface area (Å²) in [5, 5.41) is 6.85. The van der Waals surface area contributed by atoms with Crippen molar-refractivity contribution in [3.8, 4) is 0 Å². The third-order valence-electron chi connectivity index (χ3n) is 3.02. The number of nitrogens with one attached hydrogen (secondary N) is 2. The number of hydrogen-bond donors (Lipinski definition) is 2. The molecule has 1 aliphatic heterocycles. The molecular formula is C11H17BrN2S. The molecule has 84 valence electrons. The van der Waals surface area contributed by atoms with Crippen molar-refractivity contribution in [2.45, 2.75) is 18.9 Å². The summed E-state index contributed by atoms with van der Waals surface area (Å²) < 4.78 is 1.22. The van der Waals surface area contributed by atoms with Gasteiger partial charge in [0.05, 0.1) is 3.79 Å². The lowest BCUT2D eigenvalue weighted by molar-refractivity contribution is 0.435. The Bertz CT molecular complexity index is 307. The Hall–Kier alpha value is 0.1000. The molecular weight excluding hydrogens is 272 g/mol. The molecule has 0 spiro atoms. The maximum absolute atomic E-state index is 3.52. The van der Waals surface area contributed by atoms with Crippen LogP contribution in [0.5, 0.6) is 0 Å². The fourth-order valence-corrected chi connectivity index (χ4v) is 3.69. The van der Waals surface area contributed by atoms with Gasteiger partial charge in [0.15, 0.2) is 0 Å². The first-order valence-corrected chi connectivity index (χ1v) is 7.03. The zero-order valence-corrected chi connectivity index (χ0v) is 11.3. The van der Waals surface area contributed by atoms with Crippen LogP contribution in [-0.4, -0.2) is 20.1 Å². The highest BCUT2D eigenvalue weighted by Crippen LogP contribution is 2.31. The highest BCUT2D eigenvalue weighted by molar-refractivity contribution is 9.11. The topological polar surface area (TPSA) is 24.1 Å². The summed E-state index contributed by atoms with van der Waals surface area (Å²) in [5.41, 5.74) is 0. The molecule has 4 heteroatoms. The SMILES string of the molecule is CNC(CC1CCNC1)c1ccc(Br)s1. The van der Waals surface area contributed by atoms with Gasteiger partial charge >= 0.3 is 0 Å². The second-order valence-electron chi connectivity index (χ2n) is 4.08. The quantitative estimate of drug-likeness (QED) is 0.890. The second-order valence-corrected chi connectivity index (χ2v) is 6.57. The summed E-state index contributed by atoms with van der Waals surface area (Å²) in [6, 6.07) is 4.88. The van der Waals surface area contributed by atoms with Gasteiger partial charge < -0.3 is 10.6 Å². The maximum atomic E-state index is 3.52. The van der Waals surface area contributed by atoms with E-state index in [4.69, 9.17) is 0 Å². The molecule has 1 aromatic rings. The van der Waals surface area contributed by atoms with Gasteiger partial charge in [0.25, 0.3) is 0 Å². The van der Waals surface area contributed by atoms with Gasteiger partial charge in [-0.25, -0.2) is 0 Å². The predicted octanol–water partition coefficient (Wildman–Crippen LogP) is 2.77. The van der Waals surface area contributed by atoms with E-state index < -0.39 is 0 Å². The predicted molar refractivity (Wildman–Crippen MR) is 69.4 cm³/mol. The van der Waals surface area contributed by atoms with Crippen molar-refractivity contribution in [1.29, 1.82) is 0 Å². The van der Waals surface area contributed by atoms with Crippen LogP contribution in [0.15, 0.2) is 15.9 Å². The fourth-order valence-electron chi connectivity index (χ4n) is 2.14. The number of hydrogen-bond acceptors (Lipinski definition) is 3. The molecule has 2 heterocycles. The van der Waals surface area contributed by atoms with Crippen LogP contribution in [0.25, 0.3) is 0 Å². The molecule has 0 amide bonds. The average molecular weight is 289 g/mol. The van der Waals surface area contributed by atoms with Gasteiger partial charge in [0.1, 0.15) is 0 Å². The Morgan fingerprint density at radius 2 is 2.53 bits per heavy atom. The molecule has 2 unspecified atom stereocenters. The summed E-state index contributed by atoms with van der Waals surface area (Å²) in [7, 11) is 2.06. The Morgan fingerprint density at radius 1 is 1.67 bits per heavy atom. The Labute approximate surface area is 104 Å². The molecule has 1 aliphatic rings. The van der Waals surface area contributed by atoms with Crippen LogP contribution >= 0.6 is 27.3 Å². The zero-order valence-electron chi connectivity index (χ0n) is 8.92. The molecule has 0 saturated carbocycles. The van der Waals surface area contributed by atoms with Crippen molar-refractivity contribution in [3.05, 3.63) is 20.8 Å². The van der Waals surface area contributed by atoms with Crippen LogP contribution in [0.3, 0.4) is 0 Å². The van der Waals surface area contributed by atoms with Crippen LogP contribution in [0.2, 0.25) is 0 Å². The average Bonchev–Trinajstić information content (AvgIpc) is 2.85. The minimum Gasteiger partial charge on any atom is -0.316 e. The van der Waals surface area contributed by atoms with E-state index in [1.54, 1.807) is 0 Å². The van der Waals surface area contributed by atoms with Crippen molar-refractivity contribution in [1.82, 2.24) is 10.6 Å². The molecule has 2 rings (SSSR count). The monoisotopic (exact) mass is 288 g/mol. The number of thiophene rings is 1. The Kier molecular flexibility index (Phi) is 4.20. The summed E-state index contributed by atoms with van der Waals surface area (Å²) >= 11 is 5.36. The van der Waals surface area contributed by atoms with E-state index in [0.29, 0.717) is 6.04 Å². The van der Waals surface area contributed by atoms with Gasteiger partial charge in [-0.2, -0.15) is 0 Å². The first-order chi connectivity index (χ1) is 7.29. The van der Waals surface area contributed by atoms with Gasteiger partial charge in [0, 0.05) is 10.9 Å². The molecule has 2 nitrogen and oxygen atoms in total. The third-order valence-corrected chi connectivity index (χ3v) is 4.75. The van der Waals surface area contributed by atoms with Crippen molar-refractivity contribution >= 4 is 27.3 Å². The van der Waals surface area contributed by atoms with Crippen LogP contribution in [0, 0.1) is 5.92 Å². The number of halogens is 1. The molecule has 2 atom stereocenters. The number of rotatable bonds is 4. The first kappa shape index (κ1) is 11.6. The molecule has 1 saturated heterocycles. The van der Waals surface area contributed by atoms with E-state index in [-0.39, 0.29) is 0 Å². The van der Waals surface area contributed by atoms with E-state index in [0.717, 1.165) is 5.92 Å². The molecule has 0 radical (unpaired) electrons. The van der Waals surface area contributed by atoms with Crippen molar-refractivity contribution in [3.63, 3.8) is 0 Å². The lowest BCUT2D eigenvalue weighted by Crippen LogP contribution is -2.20. The smallest absolute Gasteiger partial charge is 0.0701 e. The lowest BCUT2D eigenvalue weighted by atomic mass is 9.98. The van der Waals surface area contributed by atoms with Gasteiger partial charge in [-0.1, -0.05) is 0 Å². The minimum absolute atomic E-state index is 0.520. The zero-order chi connectivity index (χ0) is 10.7. The van der Waals surface area contributed by atoms with Gasteiger partial charge in [0.2, 0.25) is 0 Å². The summed E-state index contributed by atoms with van der Waals surface area (Å²) in [5.74, 6) is 0.836. The van der Waals surface area contributed by atoms with E-state index in [1.165, 1.54) is 34.6 Å². The van der Waals surface area contributed by atoms with Crippen molar-refractivity contribution in [2.75, 3.05) is 20.1 Å². The van der Waals surface area contributed by atoms with E-state index in [2.05, 4.69) is 45.7 Å². The lowest BCUT2D eigenvalue weighted by Gasteiger charge is -2.18. The summed E-state index contributed by atoms with van der Waals surface area (Å²) in [6.45, 7) is 2.37. The normalized spacial score (nSPS) is 23.2. The Balaban J connectivity index is 1.97. The van der Waals surface area contributed by atoms with Gasteiger partial charge in [-0.15, -0.1) is 11.3 Å². The van der Waals surface area contributed by atoms with Crippen molar-refractivity contribution in [2.24, 2.45) is 5.92 Å². The molecule has 0 aliphatic carbocycles. The summed E-state index contributed by atoms with van der Waals surface area (Å²) in [6.07, 6.45) is 2.57. The minimum atomic E-state index is 0.520. The molecule has 2 N–H and O–H groups in total. The maximum Gasteiger partial charge on any atom is 0.0701 e. The fraction of sp³-hybridized carbons (Fsp3) is 0.636. The van der Waals surface area contributed by atoms with Gasteiger partial charge in [-0.05, 0) is 67.0 Å². The molecule has 15 heavy (non-hydrogen) atoms. The first-order valence-electron chi connectivity index (χ1n) is 5.43. The Morgan fingerprint density at radius 3 is 3.07 bits per heavy atom. The molecule has 1 aromatic heterocycles.